The number of aliphatic hydroxyl groups excluding tert-OH is 1. The van der Waals surface area contributed by atoms with Gasteiger partial charge in [0.1, 0.15) is 0 Å². The van der Waals surface area contributed by atoms with Crippen molar-refractivity contribution in [2.45, 2.75) is 45.1 Å². The zero-order chi connectivity index (χ0) is 12.0. The highest BCUT2D eigenvalue weighted by atomic mass is 79.9. The van der Waals surface area contributed by atoms with Crippen LogP contribution in [-0.2, 0) is 0 Å². The van der Waals surface area contributed by atoms with Gasteiger partial charge < -0.3 is 5.11 Å². The van der Waals surface area contributed by atoms with Crippen molar-refractivity contribution in [1.82, 2.24) is 0 Å². The number of unbranched alkanes of at least 4 members (excludes halogenated alkanes) is 3. The molecule has 1 rings (SSSR count). The van der Waals surface area contributed by atoms with Gasteiger partial charge in [0.2, 0.25) is 0 Å². The van der Waals surface area contributed by atoms with E-state index in [1.165, 1.54) is 19.3 Å². The molecule has 1 aromatic rings. The highest BCUT2D eigenvalue weighted by molar-refractivity contribution is 9.10. The molecule has 0 fully saturated rings. The third kappa shape index (κ3) is 4.44. The molecular formula is C13H18BrClO. The Morgan fingerprint density at radius 3 is 2.75 bits per heavy atom. The van der Waals surface area contributed by atoms with Crippen LogP contribution in [0.1, 0.15) is 50.7 Å². The van der Waals surface area contributed by atoms with E-state index in [-0.39, 0.29) is 0 Å². The van der Waals surface area contributed by atoms with Crippen LogP contribution in [0.4, 0.5) is 0 Å². The molecule has 1 unspecified atom stereocenters. The van der Waals surface area contributed by atoms with Gasteiger partial charge in [0.05, 0.1) is 6.10 Å². The summed E-state index contributed by atoms with van der Waals surface area (Å²) < 4.78 is 0.958. The van der Waals surface area contributed by atoms with E-state index in [1.807, 2.05) is 18.2 Å². The van der Waals surface area contributed by atoms with E-state index in [2.05, 4.69) is 22.9 Å². The summed E-state index contributed by atoms with van der Waals surface area (Å²) in [7, 11) is 0. The molecule has 0 aliphatic carbocycles. The minimum atomic E-state index is -0.443. The minimum absolute atomic E-state index is 0.443. The van der Waals surface area contributed by atoms with Crippen molar-refractivity contribution in [3.05, 3.63) is 33.3 Å². The van der Waals surface area contributed by atoms with Gasteiger partial charge in [-0.3, -0.25) is 0 Å². The first-order valence-corrected chi connectivity index (χ1v) is 6.95. The number of aliphatic hydroxyl groups is 1. The number of hydrogen-bond acceptors (Lipinski definition) is 1. The molecule has 1 nitrogen and oxygen atoms in total. The molecule has 1 atom stereocenters. The molecule has 16 heavy (non-hydrogen) atoms. The normalized spacial score (nSPS) is 12.8. The van der Waals surface area contributed by atoms with E-state index in [1.54, 1.807) is 0 Å². The summed E-state index contributed by atoms with van der Waals surface area (Å²) in [6, 6.07) is 5.60. The van der Waals surface area contributed by atoms with Crippen molar-refractivity contribution < 1.29 is 5.11 Å². The van der Waals surface area contributed by atoms with Crippen molar-refractivity contribution in [1.29, 1.82) is 0 Å². The predicted octanol–water partition coefficient (Wildman–Crippen LogP) is 5.11. The van der Waals surface area contributed by atoms with Crippen molar-refractivity contribution >= 4 is 27.5 Å². The third-order valence-corrected chi connectivity index (χ3v) is 3.49. The molecule has 0 saturated carbocycles. The maximum atomic E-state index is 10.0. The van der Waals surface area contributed by atoms with Crippen LogP contribution in [0, 0.1) is 0 Å². The van der Waals surface area contributed by atoms with Crippen LogP contribution in [0.3, 0.4) is 0 Å². The van der Waals surface area contributed by atoms with Crippen LogP contribution < -0.4 is 0 Å². The first-order valence-electron chi connectivity index (χ1n) is 5.78. The summed E-state index contributed by atoms with van der Waals surface area (Å²) in [6.45, 7) is 2.18. The van der Waals surface area contributed by atoms with Gasteiger partial charge in [-0.1, -0.05) is 60.1 Å². The van der Waals surface area contributed by atoms with Gasteiger partial charge in [-0.05, 0) is 24.6 Å². The molecule has 0 amide bonds. The SMILES string of the molecule is CCCCCCC(O)c1cc(Br)ccc1Cl. The van der Waals surface area contributed by atoms with Crippen LogP contribution in [0.5, 0.6) is 0 Å². The van der Waals surface area contributed by atoms with E-state index < -0.39 is 6.10 Å². The lowest BCUT2D eigenvalue weighted by atomic mass is 10.0. The van der Waals surface area contributed by atoms with Gasteiger partial charge >= 0.3 is 0 Å². The Kier molecular flexibility index (Phi) is 6.40. The van der Waals surface area contributed by atoms with Gasteiger partial charge in [-0.15, -0.1) is 0 Å². The van der Waals surface area contributed by atoms with Gasteiger partial charge in [-0.2, -0.15) is 0 Å². The molecule has 0 bridgehead atoms. The molecule has 0 aliphatic rings. The molecule has 1 aromatic carbocycles. The molecule has 1 N–H and O–H groups in total. The highest BCUT2D eigenvalue weighted by Crippen LogP contribution is 2.29. The van der Waals surface area contributed by atoms with E-state index >= 15 is 0 Å². The summed E-state index contributed by atoms with van der Waals surface area (Å²) in [5.41, 5.74) is 0.826. The van der Waals surface area contributed by atoms with Crippen LogP contribution >= 0.6 is 27.5 Å². The van der Waals surface area contributed by atoms with E-state index in [9.17, 15) is 5.11 Å². The Balaban J connectivity index is 2.51. The van der Waals surface area contributed by atoms with Crippen molar-refractivity contribution in [2.24, 2.45) is 0 Å². The maximum absolute atomic E-state index is 10.0. The first kappa shape index (κ1) is 14.0. The van der Waals surface area contributed by atoms with Crippen LogP contribution in [0.2, 0.25) is 5.02 Å². The summed E-state index contributed by atoms with van der Waals surface area (Å²) in [5.74, 6) is 0. The van der Waals surface area contributed by atoms with Crippen LogP contribution in [0.15, 0.2) is 22.7 Å². The van der Waals surface area contributed by atoms with E-state index in [0.29, 0.717) is 5.02 Å². The Hall–Kier alpha value is -0.0500. The lowest BCUT2D eigenvalue weighted by molar-refractivity contribution is 0.163. The lowest BCUT2D eigenvalue weighted by Gasteiger charge is -2.12. The highest BCUT2D eigenvalue weighted by Gasteiger charge is 2.11. The Labute approximate surface area is 111 Å². The number of benzene rings is 1. The fraction of sp³-hybridized carbons (Fsp3) is 0.538. The van der Waals surface area contributed by atoms with Crippen molar-refractivity contribution in [3.63, 3.8) is 0 Å². The Morgan fingerprint density at radius 2 is 2.06 bits per heavy atom. The minimum Gasteiger partial charge on any atom is -0.388 e. The quantitative estimate of drug-likeness (QED) is 0.724. The van der Waals surface area contributed by atoms with Gasteiger partial charge in [0.15, 0.2) is 0 Å². The summed E-state index contributed by atoms with van der Waals surface area (Å²) in [5, 5.41) is 10.7. The zero-order valence-electron chi connectivity index (χ0n) is 9.55. The molecular weight excluding hydrogens is 287 g/mol. The summed E-state index contributed by atoms with van der Waals surface area (Å²) in [6.07, 6.45) is 5.03. The average molecular weight is 306 g/mol. The Bertz CT molecular complexity index is 328. The second-order valence-electron chi connectivity index (χ2n) is 4.03. The smallest absolute Gasteiger partial charge is 0.0804 e. The second kappa shape index (κ2) is 7.31. The van der Waals surface area contributed by atoms with E-state index in [0.717, 1.165) is 22.9 Å². The molecule has 0 radical (unpaired) electrons. The zero-order valence-corrected chi connectivity index (χ0v) is 11.9. The number of halogens is 2. The molecule has 0 saturated heterocycles. The third-order valence-electron chi connectivity index (χ3n) is 2.65. The summed E-state index contributed by atoms with van der Waals surface area (Å²) >= 11 is 9.44. The monoisotopic (exact) mass is 304 g/mol. The lowest BCUT2D eigenvalue weighted by Crippen LogP contribution is -1.98. The second-order valence-corrected chi connectivity index (χ2v) is 5.35. The molecule has 0 aliphatic heterocycles. The van der Waals surface area contributed by atoms with Crippen molar-refractivity contribution in [3.8, 4) is 0 Å². The molecule has 0 aromatic heterocycles. The Morgan fingerprint density at radius 1 is 1.31 bits per heavy atom. The topological polar surface area (TPSA) is 20.2 Å². The van der Waals surface area contributed by atoms with Gasteiger partial charge in [0.25, 0.3) is 0 Å². The molecule has 0 heterocycles. The molecule has 0 spiro atoms. The average Bonchev–Trinajstić information content (AvgIpc) is 2.27. The number of hydrogen-bond donors (Lipinski definition) is 1. The largest absolute Gasteiger partial charge is 0.388 e. The number of rotatable bonds is 6. The standard InChI is InChI=1S/C13H18BrClO/c1-2-3-4-5-6-13(16)11-9-10(14)7-8-12(11)15/h7-9,13,16H,2-6H2,1H3. The van der Waals surface area contributed by atoms with Gasteiger partial charge in [0, 0.05) is 15.1 Å². The van der Waals surface area contributed by atoms with Gasteiger partial charge in [-0.25, -0.2) is 0 Å². The van der Waals surface area contributed by atoms with Crippen LogP contribution in [-0.4, -0.2) is 5.11 Å². The first-order chi connectivity index (χ1) is 7.65. The predicted molar refractivity (Wildman–Crippen MR) is 72.9 cm³/mol. The maximum Gasteiger partial charge on any atom is 0.0804 e. The molecule has 3 heteroatoms. The fourth-order valence-electron chi connectivity index (χ4n) is 1.69. The fourth-order valence-corrected chi connectivity index (χ4v) is 2.31. The van der Waals surface area contributed by atoms with E-state index in [4.69, 9.17) is 11.6 Å². The van der Waals surface area contributed by atoms with Crippen molar-refractivity contribution in [2.75, 3.05) is 0 Å². The van der Waals surface area contributed by atoms with Crippen LogP contribution in [0.25, 0.3) is 0 Å². The summed E-state index contributed by atoms with van der Waals surface area (Å²) in [4.78, 5) is 0. The molecule has 90 valence electrons.